The predicted molar refractivity (Wildman–Crippen MR) is 56.9 cm³/mol. The van der Waals surface area contributed by atoms with Gasteiger partial charge >= 0.3 is 5.97 Å². The van der Waals surface area contributed by atoms with Crippen molar-refractivity contribution in [2.75, 3.05) is 6.61 Å². The molecule has 0 aliphatic rings. The number of carbonyl (C=O) groups is 2. The molecule has 1 unspecified atom stereocenters. The number of aldehydes is 1. The van der Waals surface area contributed by atoms with Crippen molar-refractivity contribution in [1.29, 1.82) is 0 Å². The van der Waals surface area contributed by atoms with Crippen LogP contribution in [0.25, 0.3) is 0 Å². The van der Waals surface area contributed by atoms with Gasteiger partial charge in [0.2, 0.25) is 0 Å². The van der Waals surface area contributed by atoms with E-state index in [9.17, 15) is 9.59 Å². The Morgan fingerprint density at radius 2 is 2.07 bits per heavy atom. The van der Waals surface area contributed by atoms with Crippen molar-refractivity contribution in [2.24, 2.45) is 0 Å². The Morgan fingerprint density at radius 1 is 1.47 bits per heavy atom. The molecule has 0 saturated heterocycles. The molecule has 0 amide bonds. The topological polar surface area (TPSA) is 43.4 Å². The van der Waals surface area contributed by atoms with Crippen LogP contribution in [0.5, 0.6) is 0 Å². The zero-order chi connectivity index (χ0) is 11.3. The summed E-state index contributed by atoms with van der Waals surface area (Å²) in [6.07, 6.45) is 0.571. The standard InChI is InChI=1S/C11H11ClO3/c1-2-15-11(14)10(7-13)8-3-5-9(12)6-4-8/h3-7,10H,2H2,1H3. The molecule has 0 N–H and O–H groups in total. The van der Waals surface area contributed by atoms with E-state index in [4.69, 9.17) is 16.3 Å². The van der Waals surface area contributed by atoms with Crippen molar-refractivity contribution in [1.82, 2.24) is 0 Å². The van der Waals surface area contributed by atoms with E-state index < -0.39 is 11.9 Å². The lowest BCUT2D eigenvalue weighted by atomic mass is 10.0. The number of halogens is 1. The average Bonchev–Trinajstić information content (AvgIpc) is 2.22. The minimum Gasteiger partial charge on any atom is -0.465 e. The van der Waals surface area contributed by atoms with Gasteiger partial charge in [-0.15, -0.1) is 0 Å². The molecule has 1 aromatic carbocycles. The summed E-state index contributed by atoms with van der Waals surface area (Å²) in [7, 11) is 0. The Balaban J connectivity index is 2.87. The van der Waals surface area contributed by atoms with Crippen LogP contribution in [-0.4, -0.2) is 18.9 Å². The van der Waals surface area contributed by atoms with Crippen LogP contribution in [0, 0.1) is 0 Å². The largest absolute Gasteiger partial charge is 0.465 e. The molecule has 0 aromatic heterocycles. The van der Waals surface area contributed by atoms with E-state index in [1.165, 1.54) is 0 Å². The lowest BCUT2D eigenvalue weighted by Gasteiger charge is -2.09. The lowest BCUT2D eigenvalue weighted by Crippen LogP contribution is -2.17. The van der Waals surface area contributed by atoms with Gasteiger partial charge in [-0.2, -0.15) is 0 Å². The maximum absolute atomic E-state index is 11.4. The maximum atomic E-state index is 11.4. The molecule has 0 aliphatic carbocycles. The third kappa shape index (κ3) is 3.06. The van der Waals surface area contributed by atoms with Crippen molar-refractivity contribution in [3.8, 4) is 0 Å². The van der Waals surface area contributed by atoms with Gasteiger partial charge in [0, 0.05) is 5.02 Å². The molecule has 0 saturated carbocycles. The van der Waals surface area contributed by atoms with E-state index >= 15 is 0 Å². The first-order chi connectivity index (χ1) is 7.19. The van der Waals surface area contributed by atoms with Crippen LogP contribution in [0.15, 0.2) is 24.3 Å². The number of rotatable bonds is 4. The van der Waals surface area contributed by atoms with Crippen molar-refractivity contribution >= 4 is 23.9 Å². The highest BCUT2D eigenvalue weighted by Crippen LogP contribution is 2.18. The molecule has 0 bridgehead atoms. The monoisotopic (exact) mass is 226 g/mol. The first-order valence-corrected chi connectivity index (χ1v) is 4.94. The van der Waals surface area contributed by atoms with Crippen LogP contribution in [0.3, 0.4) is 0 Å². The number of ether oxygens (including phenoxy) is 1. The van der Waals surface area contributed by atoms with Crippen LogP contribution in [-0.2, 0) is 14.3 Å². The second kappa shape index (κ2) is 5.51. The smallest absolute Gasteiger partial charge is 0.320 e. The number of carbonyl (C=O) groups excluding carboxylic acids is 2. The Hall–Kier alpha value is -1.35. The fourth-order valence-corrected chi connectivity index (χ4v) is 1.30. The van der Waals surface area contributed by atoms with Gasteiger partial charge in [-0.3, -0.25) is 4.79 Å². The normalized spacial score (nSPS) is 11.9. The van der Waals surface area contributed by atoms with Crippen LogP contribution in [0.4, 0.5) is 0 Å². The van der Waals surface area contributed by atoms with E-state index in [1.807, 2.05) is 0 Å². The predicted octanol–water partition coefficient (Wildman–Crippen LogP) is 2.19. The zero-order valence-electron chi connectivity index (χ0n) is 8.27. The highest BCUT2D eigenvalue weighted by atomic mass is 35.5. The summed E-state index contributed by atoms with van der Waals surface area (Å²) >= 11 is 5.70. The van der Waals surface area contributed by atoms with E-state index in [0.717, 1.165) is 0 Å². The van der Waals surface area contributed by atoms with Gasteiger partial charge < -0.3 is 9.53 Å². The number of hydrogen-bond donors (Lipinski definition) is 0. The van der Waals surface area contributed by atoms with E-state index in [0.29, 0.717) is 16.9 Å². The average molecular weight is 227 g/mol. The Bertz CT molecular complexity index is 345. The highest BCUT2D eigenvalue weighted by molar-refractivity contribution is 6.30. The van der Waals surface area contributed by atoms with E-state index in [2.05, 4.69) is 0 Å². The number of esters is 1. The minimum absolute atomic E-state index is 0.261. The van der Waals surface area contributed by atoms with Crippen molar-refractivity contribution in [3.63, 3.8) is 0 Å². The van der Waals surface area contributed by atoms with Gasteiger partial charge in [-0.05, 0) is 24.6 Å². The maximum Gasteiger partial charge on any atom is 0.320 e. The van der Waals surface area contributed by atoms with Gasteiger partial charge in [0.15, 0.2) is 0 Å². The Kier molecular flexibility index (Phi) is 4.31. The first kappa shape index (κ1) is 11.7. The molecule has 0 fully saturated rings. The third-order valence-electron chi connectivity index (χ3n) is 1.91. The van der Waals surface area contributed by atoms with Crippen molar-refractivity contribution in [3.05, 3.63) is 34.9 Å². The minimum atomic E-state index is -0.859. The van der Waals surface area contributed by atoms with Crippen LogP contribution < -0.4 is 0 Å². The lowest BCUT2D eigenvalue weighted by molar-refractivity contribution is -0.146. The summed E-state index contributed by atoms with van der Waals surface area (Å²) in [4.78, 5) is 22.1. The quantitative estimate of drug-likeness (QED) is 0.449. The molecule has 4 heteroatoms. The van der Waals surface area contributed by atoms with Gasteiger partial charge in [0.1, 0.15) is 12.2 Å². The molecule has 0 aliphatic heterocycles. The summed E-state index contributed by atoms with van der Waals surface area (Å²) in [6, 6.07) is 6.54. The molecule has 0 radical (unpaired) electrons. The molecule has 0 spiro atoms. The molecule has 80 valence electrons. The molecule has 3 nitrogen and oxygen atoms in total. The van der Waals surface area contributed by atoms with Crippen LogP contribution in [0.1, 0.15) is 18.4 Å². The fraction of sp³-hybridized carbons (Fsp3) is 0.273. The summed E-state index contributed by atoms with van der Waals surface area (Å²) in [6.45, 7) is 1.96. The van der Waals surface area contributed by atoms with E-state index in [1.54, 1.807) is 31.2 Å². The molecule has 0 heterocycles. The molecule has 1 rings (SSSR count). The number of benzene rings is 1. The van der Waals surface area contributed by atoms with E-state index in [-0.39, 0.29) is 6.61 Å². The van der Waals surface area contributed by atoms with Gasteiger partial charge in [0.25, 0.3) is 0 Å². The second-order valence-corrected chi connectivity index (χ2v) is 3.35. The molecular weight excluding hydrogens is 216 g/mol. The third-order valence-corrected chi connectivity index (χ3v) is 2.16. The summed E-state index contributed by atoms with van der Waals surface area (Å²) in [5.74, 6) is -1.39. The van der Waals surface area contributed by atoms with Crippen LogP contribution >= 0.6 is 11.6 Å². The number of hydrogen-bond acceptors (Lipinski definition) is 3. The molecule has 1 aromatic rings. The first-order valence-electron chi connectivity index (χ1n) is 4.56. The van der Waals surface area contributed by atoms with Gasteiger partial charge in [-0.1, -0.05) is 23.7 Å². The Labute approximate surface area is 93.0 Å². The van der Waals surface area contributed by atoms with Crippen molar-refractivity contribution < 1.29 is 14.3 Å². The summed E-state index contributed by atoms with van der Waals surface area (Å²) in [5, 5.41) is 0.562. The zero-order valence-corrected chi connectivity index (χ0v) is 9.03. The highest BCUT2D eigenvalue weighted by Gasteiger charge is 2.20. The molecular formula is C11H11ClO3. The molecule has 1 atom stereocenters. The molecule has 15 heavy (non-hydrogen) atoms. The second-order valence-electron chi connectivity index (χ2n) is 2.92. The summed E-state index contributed by atoms with van der Waals surface area (Å²) in [5.41, 5.74) is 0.591. The van der Waals surface area contributed by atoms with Gasteiger partial charge in [0.05, 0.1) is 6.61 Å². The Morgan fingerprint density at radius 3 is 2.53 bits per heavy atom. The fourth-order valence-electron chi connectivity index (χ4n) is 1.17. The SMILES string of the molecule is CCOC(=O)C(C=O)c1ccc(Cl)cc1. The van der Waals surface area contributed by atoms with Gasteiger partial charge in [-0.25, -0.2) is 0 Å². The summed E-state index contributed by atoms with van der Waals surface area (Å²) < 4.78 is 4.78. The van der Waals surface area contributed by atoms with Crippen molar-refractivity contribution in [2.45, 2.75) is 12.8 Å². The van der Waals surface area contributed by atoms with Crippen LogP contribution in [0.2, 0.25) is 5.02 Å².